The topological polar surface area (TPSA) is 84.1 Å². The second kappa shape index (κ2) is 5.39. The van der Waals surface area contributed by atoms with Crippen LogP contribution in [0.15, 0.2) is 18.3 Å². The average molecular weight is 329 g/mol. The van der Waals surface area contributed by atoms with Crippen molar-refractivity contribution in [3.63, 3.8) is 0 Å². The van der Waals surface area contributed by atoms with Crippen LogP contribution in [0.3, 0.4) is 0 Å². The molecular weight excluding hydrogens is 314 g/mol. The van der Waals surface area contributed by atoms with Crippen LogP contribution in [0.1, 0.15) is 26.8 Å². The molecule has 23 heavy (non-hydrogen) atoms. The molecule has 1 N–H and O–H groups in total. The number of carbonyl (C=O) groups is 1. The fraction of sp³-hybridized carbons (Fsp3) is 0.333. The normalized spacial score (nSPS) is 15.0. The van der Waals surface area contributed by atoms with E-state index in [1.165, 1.54) is 4.68 Å². The Hall–Kier alpha value is -2.32. The Bertz CT molecular complexity index is 868. The zero-order valence-electron chi connectivity index (χ0n) is 12.6. The predicted octanol–water partition coefficient (Wildman–Crippen LogP) is 1.68. The SMILES string of the molecule is Cn1nc2c(c1C(=O)O)CN(Cc1nc3cccnc3s1)CC2. The number of nitrogens with zero attached hydrogens (tertiary/aromatic N) is 5. The first-order valence-corrected chi connectivity index (χ1v) is 8.14. The number of fused-ring (bicyclic) bond motifs is 2. The lowest BCUT2D eigenvalue weighted by Gasteiger charge is -2.25. The van der Waals surface area contributed by atoms with Crippen molar-refractivity contribution >= 4 is 27.7 Å². The van der Waals surface area contributed by atoms with Gasteiger partial charge < -0.3 is 5.11 Å². The van der Waals surface area contributed by atoms with Gasteiger partial charge in [-0.2, -0.15) is 5.10 Å². The third-order valence-electron chi connectivity index (χ3n) is 4.05. The van der Waals surface area contributed by atoms with Crippen molar-refractivity contribution in [1.82, 2.24) is 24.6 Å². The molecule has 8 heteroatoms. The molecule has 0 unspecified atom stereocenters. The Morgan fingerprint density at radius 3 is 3.13 bits per heavy atom. The first-order chi connectivity index (χ1) is 11.1. The van der Waals surface area contributed by atoms with Gasteiger partial charge in [-0.25, -0.2) is 14.8 Å². The highest BCUT2D eigenvalue weighted by Gasteiger charge is 2.27. The quantitative estimate of drug-likeness (QED) is 0.787. The van der Waals surface area contributed by atoms with E-state index in [1.807, 2.05) is 12.1 Å². The minimum Gasteiger partial charge on any atom is -0.477 e. The lowest BCUT2D eigenvalue weighted by molar-refractivity contribution is 0.0682. The zero-order valence-corrected chi connectivity index (χ0v) is 13.4. The van der Waals surface area contributed by atoms with Gasteiger partial charge in [-0.05, 0) is 12.1 Å². The van der Waals surface area contributed by atoms with Gasteiger partial charge in [0, 0.05) is 38.3 Å². The van der Waals surface area contributed by atoms with E-state index < -0.39 is 5.97 Å². The molecule has 0 aliphatic carbocycles. The van der Waals surface area contributed by atoms with Gasteiger partial charge in [-0.15, -0.1) is 0 Å². The summed E-state index contributed by atoms with van der Waals surface area (Å²) in [6, 6.07) is 3.84. The lowest BCUT2D eigenvalue weighted by Crippen LogP contribution is -2.30. The molecule has 0 saturated carbocycles. The Balaban J connectivity index is 1.59. The van der Waals surface area contributed by atoms with Crippen LogP contribution in [-0.4, -0.2) is 42.3 Å². The Morgan fingerprint density at radius 2 is 2.35 bits per heavy atom. The van der Waals surface area contributed by atoms with E-state index in [0.717, 1.165) is 39.6 Å². The van der Waals surface area contributed by atoms with Crippen molar-refractivity contribution in [3.05, 3.63) is 40.3 Å². The van der Waals surface area contributed by atoms with Crippen molar-refractivity contribution in [3.8, 4) is 0 Å². The van der Waals surface area contributed by atoms with Crippen molar-refractivity contribution in [2.45, 2.75) is 19.5 Å². The van der Waals surface area contributed by atoms with E-state index in [1.54, 1.807) is 24.6 Å². The van der Waals surface area contributed by atoms with E-state index >= 15 is 0 Å². The van der Waals surface area contributed by atoms with E-state index in [9.17, 15) is 9.90 Å². The summed E-state index contributed by atoms with van der Waals surface area (Å²) in [6.07, 6.45) is 2.53. The molecule has 0 radical (unpaired) electrons. The van der Waals surface area contributed by atoms with E-state index in [0.29, 0.717) is 13.1 Å². The molecule has 4 rings (SSSR count). The Labute approximate surface area is 136 Å². The molecule has 118 valence electrons. The summed E-state index contributed by atoms with van der Waals surface area (Å²) in [7, 11) is 1.69. The number of hydrogen-bond acceptors (Lipinski definition) is 6. The van der Waals surface area contributed by atoms with Gasteiger partial charge in [-0.3, -0.25) is 9.58 Å². The summed E-state index contributed by atoms with van der Waals surface area (Å²) < 4.78 is 1.47. The van der Waals surface area contributed by atoms with Crippen LogP contribution in [0.4, 0.5) is 0 Å². The van der Waals surface area contributed by atoms with E-state index in [-0.39, 0.29) is 5.69 Å². The molecule has 7 nitrogen and oxygen atoms in total. The number of aromatic carboxylic acids is 1. The monoisotopic (exact) mass is 329 g/mol. The van der Waals surface area contributed by atoms with Crippen LogP contribution in [0.25, 0.3) is 10.3 Å². The highest BCUT2D eigenvalue weighted by Crippen LogP contribution is 2.25. The van der Waals surface area contributed by atoms with Gasteiger partial charge in [-0.1, -0.05) is 11.3 Å². The molecule has 0 atom stereocenters. The molecule has 0 fully saturated rings. The molecule has 3 aromatic heterocycles. The van der Waals surface area contributed by atoms with Crippen molar-refractivity contribution < 1.29 is 9.90 Å². The number of aromatic nitrogens is 4. The zero-order chi connectivity index (χ0) is 16.0. The number of aryl methyl sites for hydroxylation is 1. The summed E-state index contributed by atoms with van der Waals surface area (Å²) in [6.45, 7) is 2.15. The molecule has 1 aliphatic rings. The largest absolute Gasteiger partial charge is 0.477 e. The molecule has 0 bridgehead atoms. The third kappa shape index (κ3) is 2.49. The number of rotatable bonds is 3. The molecule has 0 spiro atoms. The van der Waals surface area contributed by atoms with Gasteiger partial charge in [0.2, 0.25) is 0 Å². The average Bonchev–Trinajstić information content (AvgIpc) is 3.05. The minimum atomic E-state index is -0.924. The highest BCUT2D eigenvalue weighted by molar-refractivity contribution is 7.18. The van der Waals surface area contributed by atoms with Crippen LogP contribution >= 0.6 is 11.3 Å². The predicted molar refractivity (Wildman–Crippen MR) is 85.4 cm³/mol. The first-order valence-electron chi connectivity index (χ1n) is 7.32. The minimum absolute atomic E-state index is 0.288. The summed E-state index contributed by atoms with van der Waals surface area (Å²) in [4.78, 5) is 23.5. The molecule has 0 saturated heterocycles. The maximum atomic E-state index is 11.4. The summed E-state index contributed by atoms with van der Waals surface area (Å²) in [5.74, 6) is -0.924. The van der Waals surface area contributed by atoms with Crippen LogP contribution in [0.2, 0.25) is 0 Å². The second-order valence-corrected chi connectivity index (χ2v) is 6.66. The van der Waals surface area contributed by atoms with Gasteiger partial charge in [0.15, 0.2) is 5.69 Å². The number of hydrogen-bond donors (Lipinski definition) is 1. The van der Waals surface area contributed by atoms with Gasteiger partial charge in [0.25, 0.3) is 0 Å². The molecule has 0 amide bonds. The van der Waals surface area contributed by atoms with Crippen LogP contribution in [-0.2, 0) is 26.6 Å². The summed E-state index contributed by atoms with van der Waals surface area (Å²) in [5, 5.41) is 14.7. The Morgan fingerprint density at radius 1 is 1.48 bits per heavy atom. The van der Waals surface area contributed by atoms with Crippen molar-refractivity contribution in [2.75, 3.05) is 6.54 Å². The fourth-order valence-corrected chi connectivity index (χ4v) is 3.98. The molecular formula is C15H15N5O2S. The maximum Gasteiger partial charge on any atom is 0.354 e. The molecule has 1 aliphatic heterocycles. The van der Waals surface area contributed by atoms with E-state index in [2.05, 4.69) is 20.0 Å². The maximum absolute atomic E-state index is 11.4. The standard InChI is InChI=1S/C15H15N5O2S/c1-19-13(15(21)22)9-7-20(6-4-10(9)18-19)8-12-17-11-3-2-5-16-14(11)23-12/h2-3,5H,4,6-8H2,1H3,(H,21,22). The van der Waals surface area contributed by atoms with Crippen LogP contribution < -0.4 is 0 Å². The van der Waals surface area contributed by atoms with Crippen LogP contribution in [0, 0.1) is 0 Å². The Kier molecular flexibility index (Phi) is 3.35. The molecule has 3 aromatic rings. The first kappa shape index (κ1) is 14.3. The lowest BCUT2D eigenvalue weighted by atomic mass is 10.1. The summed E-state index contributed by atoms with van der Waals surface area (Å²) >= 11 is 1.59. The van der Waals surface area contributed by atoms with Crippen molar-refractivity contribution in [2.24, 2.45) is 7.05 Å². The third-order valence-corrected chi connectivity index (χ3v) is 5.01. The van der Waals surface area contributed by atoms with Gasteiger partial charge in [0.05, 0.1) is 12.2 Å². The smallest absolute Gasteiger partial charge is 0.354 e. The van der Waals surface area contributed by atoms with Gasteiger partial charge in [0.1, 0.15) is 15.4 Å². The highest BCUT2D eigenvalue weighted by atomic mass is 32.1. The van der Waals surface area contributed by atoms with E-state index in [4.69, 9.17) is 0 Å². The van der Waals surface area contributed by atoms with Gasteiger partial charge >= 0.3 is 5.97 Å². The summed E-state index contributed by atoms with van der Waals surface area (Å²) in [5.41, 5.74) is 2.92. The number of carboxylic acids is 1. The number of thiazole rings is 1. The number of pyridine rings is 1. The molecule has 0 aromatic carbocycles. The van der Waals surface area contributed by atoms with Crippen molar-refractivity contribution in [1.29, 1.82) is 0 Å². The molecule has 4 heterocycles. The number of carboxylic acid groups (broad SMARTS) is 1. The second-order valence-electron chi connectivity index (χ2n) is 5.60. The fourth-order valence-electron chi connectivity index (χ4n) is 3.03. The van der Waals surface area contributed by atoms with Crippen LogP contribution in [0.5, 0.6) is 0 Å².